The Morgan fingerprint density at radius 2 is 1.96 bits per heavy atom. The number of nitrogens with zero attached hydrogens (tertiary/aromatic N) is 2. The van der Waals surface area contributed by atoms with Crippen molar-refractivity contribution in [1.29, 1.82) is 0 Å². The highest BCUT2D eigenvalue weighted by Gasteiger charge is 2.30. The standard InChI is InChI=1S/C21H33FN4O.HI/c1-3-23-21(24-14-20(27-2)16-8-10-17(22)11-9-16)25-18-12-13-26(15-18)19-6-4-5-7-19;/h8-11,18-20H,3-7,12-15H2,1-2H3,(H2,23,24,25);1H. The Bertz CT molecular complexity index is 607. The van der Waals surface area contributed by atoms with Crippen molar-refractivity contribution in [2.24, 2.45) is 4.99 Å². The number of halogens is 2. The molecule has 0 aromatic heterocycles. The number of rotatable bonds is 7. The summed E-state index contributed by atoms with van der Waals surface area (Å²) < 4.78 is 18.7. The van der Waals surface area contributed by atoms with E-state index in [0.29, 0.717) is 12.6 Å². The van der Waals surface area contributed by atoms with Crippen molar-refractivity contribution in [3.8, 4) is 0 Å². The number of likely N-dealkylation sites (tertiary alicyclic amines) is 1. The Morgan fingerprint density at radius 1 is 1.25 bits per heavy atom. The molecule has 0 radical (unpaired) electrons. The summed E-state index contributed by atoms with van der Waals surface area (Å²) >= 11 is 0. The number of hydrogen-bond donors (Lipinski definition) is 2. The topological polar surface area (TPSA) is 48.9 Å². The molecule has 2 fully saturated rings. The molecule has 1 saturated heterocycles. The maximum absolute atomic E-state index is 13.1. The van der Waals surface area contributed by atoms with E-state index < -0.39 is 0 Å². The van der Waals surface area contributed by atoms with Gasteiger partial charge in [-0.3, -0.25) is 9.89 Å². The molecule has 0 spiro atoms. The molecule has 28 heavy (non-hydrogen) atoms. The van der Waals surface area contributed by atoms with Crippen LogP contribution in [0.4, 0.5) is 4.39 Å². The van der Waals surface area contributed by atoms with Crippen LogP contribution in [-0.2, 0) is 4.74 Å². The van der Waals surface area contributed by atoms with Gasteiger partial charge in [0.25, 0.3) is 0 Å². The first kappa shape index (κ1) is 23.3. The lowest BCUT2D eigenvalue weighted by atomic mass is 10.1. The molecule has 1 aliphatic carbocycles. The van der Waals surface area contributed by atoms with Crippen LogP contribution in [0.5, 0.6) is 0 Å². The van der Waals surface area contributed by atoms with Crippen LogP contribution in [-0.4, -0.2) is 56.2 Å². The summed E-state index contributed by atoms with van der Waals surface area (Å²) in [6.07, 6.45) is 6.45. The van der Waals surface area contributed by atoms with Gasteiger partial charge in [0.1, 0.15) is 11.9 Å². The second-order valence-corrected chi connectivity index (χ2v) is 7.56. The molecular weight excluding hydrogens is 470 g/mol. The van der Waals surface area contributed by atoms with Gasteiger partial charge in [-0.1, -0.05) is 25.0 Å². The van der Waals surface area contributed by atoms with Crippen LogP contribution in [0.15, 0.2) is 29.3 Å². The zero-order valence-electron chi connectivity index (χ0n) is 17.0. The molecule has 0 amide bonds. The van der Waals surface area contributed by atoms with Crippen LogP contribution in [0, 0.1) is 5.82 Å². The summed E-state index contributed by atoms with van der Waals surface area (Å²) in [6.45, 7) is 5.67. The van der Waals surface area contributed by atoms with E-state index in [2.05, 4.69) is 22.5 Å². The molecular formula is C21H34FIN4O. The third-order valence-corrected chi connectivity index (χ3v) is 5.69. The predicted octanol–water partition coefficient (Wildman–Crippen LogP) is 3.70. The first-order valence-corrected chi connectivity index (χ1v) is 10.3. The highest BCUT2D eigenvalue weighted by Crippen LogP contribution is 2.26. The molecule has 2 aliphatic rings. The third-order valence-electron chi connectivity index (χ3n) is 5.69. The van der Waals surface area contributed by atoms with E-state index in [9.17, 15) is 4.39 Å². The van der Waals surface area contributed by atoms with Gasteiger partial charge in [0.2, 0.25) is 0 Å². The molecule has 2 atom stereocenters. The maximum Gasteiger partial charge on any atom is 0.191 e. The molecule has 158 valence electrons. The van der Waals surface area contributed by atoms with E-state index in [1.165, 1.54) is 44.4 Å². The van der Waals surface area contributed by atoms with Crippen LogP contribution in [0.25, 0.3) is 0 Å². The number of methoxy groups -OCH3 is 1. The van der Waals surface area contributed by atoms with E-state index in [0.717, 1.165) is 37.1 Å². The minimum absolute atomic E-state index is 0. The number of aliphatic imine (C=N–C) groups is 1. The van der Waals surface area contributed by atoms with E-state index in [1.54, 1.807) is 19.2 Å². The maximum atomic E-state index is 13.1. The Kier molecular flexibility index (Phi) is 9.94. The molecule has 0 bridgehead atoms. The Labute approximate surface area is 185 Å². The fraction of sp³-hybridized carbons (Fsp3) is 0.667. The lowest BCUT2D eigenvalue weighted by Gasteiger charge is -2.24. The molecule has 1 heterocycles. The van der Waals surface area contributed by atoms with Crippen molar-refractivity contribution in [3.63, 3.8) is 0 Å². The lowest BCUT2D eigenvalue weighted by molar-refractivity contribution is 0.111. The van der Waals surface area contributed by atoms with Crippen LogP contribution in [0.2, 0.25) is 0 Å². The Balaban J connectivity index is 0.00000280. The molecule has 3 rings (SSSR count). The van der Waals surface area contributed by atoms with E-state index in [1.807, 2.05) is 0 Å². The Morgan fingerprint density at radius 3 is 2.61 bits per heavy atom. The second-order valence-electron chi connectivity index (χ2n) is 7.56. The van der Waals surface area contributed by atoms with Crippen molar-refractivity contribution >= 4 is 29.9 Å². The minimum atomic E-state index is -0.236. The van der Waals surface area contributed by atoms with Crippen LogP contribution >= 0.6 is 24.0 Å². The third kappa shape index (κ3) is 6.56. The molecule has 5 nitrogen and oxygen atoms in total. The average Bonchev–Trinajstić information content (AvgIpc) is 3.35. The van der Waals surface area contributed by atoms with E-state index in [-0.39, 0.29) is 35.9 Å². The monoisotopic (exact) mass is 504 g/mol. The zero-order chi connectivity index (χ0) is 19.1. The highest BCUT2D eigenvalue weighted by molar-refractivity contribution is 14.0. The smallest absolute Gasteiger partial charge is 0.191 e. The van der Waals surface area contributed by atoms with E-state index >= 15 is 0 Å². The Hall–Kier alpha value is -0.930. The number of hydrogen-bond acceptors (Lipinski definition) is 3. The van der Waals surface area contributed by atoms with Crippen molar-refractivity contribution in [1.82, 2.24) is 15.5 Å². The predicted molar refractivity (Wildman–Crippen MR) is 123 cm³/mol. The summed E-state index contributed by atoms with van der Waals surface area (Å²) in [4.78, 5) is 7.37. The van der Waals surface area contributed by atoms with Gasteiger partial charge >= 0.3 is 0 Å². The lowest BCUT2D eigenvalue weighted by Crippen LogP contribution is -2.45. The summed E-state index contributed by atoms with van der Waals surface area (Å²) in [7, 11) is 1.67. The van der Waals surface area contributed by atoms with Gasteiger partial charge in [0, 0.05) is 38.8 Å². The average molecular weight is 504 g/mol. The van der Waals surface area contributed by atoms with Crippen LogP contribution in [0.3, 0.4) is 0 Å². The summed E-state index contributed by atoms with van der Waals surface area (Å²) in [5.41, 5.74) is 0.937. The van der Waals surface area contributed by atoms with Gasteiger partial charge < -0.3 is 15.4 Å². The second kappa shape index (κ2) is 11.9. The molecule has 7 heteroatoms. The number of ether oxygens (including phenoxy) is 1. The largest absolute Gasteiger partial charge is 0.375 e. The number of benzene rings is 1. The molecule has 1 aromatic carbocycles. The van der Waals surface area contributed by atoms with E-state index in [4.69, 9.17) is 9.73 Å². The molecule has 2 N–H and O–H groups in total. The van der Waals surface area contributed by atoms with Gasteiger partial charge in [0.15, 0.2) is 5.96 Å². The van der Waals surface area contributed by atoms with Gasteiger partial charge in [-0.15, -0.1) is 24.0 Å². The molecule has 2 unspecified atom stereocenters. The first-order valence-electron chi connectivity index (χ1n) is 10.3. The van der Waals surface area contributed by atoms with Gasteiger partial charge in [0.05, 0.1) is 6.54 Å². The van der Waals surface area contributed by atoms with Crippen molar-refractivity contribution < 1.29 is 9.13 Å². The van der Waals surface area contributed by atoms with Gasteiger partial charge in [-0.05, 0) is 43.9 Å². The van der Waals surface area contributed by atoms with Gasteiger partial charge in [-0.2, -0.15) is 0 Å². The van der Waals surface area contributed by atoms with Crippen molar-refractivity contribution in [2.75, 3.05) is 33.3 Å². The van der Waals surface area contributed by atoms with Crippen LogP contribution in [0.1, 0.15) is 50.7 Å². The number of guanidine groups is 1. The van der Waals surface area contributed by atoms with Gasteiger partial charge in [-0.25, -0.2) is 4.39 Å². The zero-order valence-corrected chi connectivity index (χ0v) is 19.3. The van der Waals surface area contributed by atoms with Crippen molar-refractivity contribution in [2.45, 2.75) is 57.2 Å². The summed E-state index contributed by atoms with van der Waals surface area (Å²) in [6, 6.07) is 7.67. The first-order chi connectivity index (χ1) is 13.2. The van der Waals surface area contributed by atoms with Crippen LogP contribution < -0.4 is 10.6 Å². The minimum Gasteiger partial charge on any atom is -0.375 e. The highest BCUT2D eigenvalue weighted by atomic mass is 127. The molecule has 1 saturated carbocycles. The quantitative estimate of drug-likeness (QED) is 0.338. The normalized spacial score (nSPS) is 22.1. The summed E-state index contributed by atoms with van der Waals surface area (Å²) in [5.74, 6) is 0.597. The number of nitrogens with one attached hydrogen (secondary N) is 2. The molecule has 1 aromatic rings. The molecule has 1 aliphatic heterocycles. The SMILES string of the molecule is CCNC(=NCC(OC)c1ccc(F)cc1)NC1CCN(C2CCCC2)C1.I. The van der Waals surface area contributed by atoms with Crippen molar-refractivity contribution in [3.05, 3.63) is 35.6 Å². The fourth-order valence-corrected chi connectivity index (χ4v) is 4.19. The fourth-order valence-electron chi connectivity index (χ4n) is 4.19. The summed E-state index contributed by atoms with van der Waals surface area (Å²) in [5, 5.41) is 6.93.